The topological polar surface area (TPSA) is 81.9 Å². The SMILES string of the molecule is Cc1cc(N2CCC(C(=O)c3ccc4c(c3)OCCO4)CC2)n2nc(C(F)(F)F)nc2n1. The Kier molecular flexibility index (Phi) is 4.90. The zero-order valence-corrected chi connectivity index (χ0v) is 17.2. The maximum Gasteiger partial charge on any atom is 0.453 e. The smallest absolute Gasteiger partial charge is 0.453 e. The van der Waals surface area contributed by atoms with Crippen LogP contribution in [0.3, 0.4) is 0 Å². The molecule has 32 heavy (non-hydrogen) atoms. The van der Waals surface area contributed by atoms with Crippen molar-refractivity contribution in [2.45, 2.75) is 25.9 Å². The second-order valence-electron chi connectivity index (χ2n) is 7.88. The highest BCUT2D eigenvalue weighted by Gasteiger charge is 2.37. The third kappa shape index (κ3) is 3.71. The fourth-order valence-corrected chi connectivity index (χ4v) is 4.12. The number of carbonyl (C=O) groups is 1. The average Bonchev–Trinajstić information content (AvgIpc) is 3.22. The second-order valence-corrected chi connectivity index (χ2v) is 7.88. The lowest BCUT2D eigenvalue weighted by Gasteiger charge is -2.33. The van der Waals surface area contributed by atoms with Crippen LogP contribution in [0.4, 0.5) is 19.0 Å². The van der Waals surface area contributed by atoms with Gasteiger partial charge in [0.2, 0.25) is 0 Å². The van der Waals surface area contributed by atoms with Crippen LogP contribution in [0.1, 0.15) is 34.7 Å². The molecule has 4 heterocycles. The first kappa shape index (κ1) is 20.5. The summed E-state index contributed by atoms with van der Waals surface area (Å²) in [6, 6.07) is 6.89. The van der Waals surface area contributed by atoms with E-state index in [-0.39, 0.29) is 17.5 Å². The first-order valence-electron chi connectivity index (χ1n) is 10.3. The Labute approximate surface area is 181 Å². The summed E-state index contributed by atoms with van der Waals surface area (Å²) in [6.45, 7) is 3.63. The molecule has 0 atom stereocenters. The van der Waals surface area contributed by atoms with Gasteiger partial charge in [0, 0.05) is 36.3 Å². The van der Waals surface area contributed by atoms with Gasteiger partial charge >= 0.3 is 6.18 Å². The van der Waals surface area contributed by atoms with Gasteiger partial charge < -0.3 is 14.4 Å². The Balaban J connectivity index is 1.34. The highest BCUT2D eigenvalue weighted by Crippen LogP contribution is 2.33. The van der Waals surface area contributed by atoms with E-state index in [4.69, 9.17) is 9.47 Å². The van der Waals surface area contributed by atoms with Crippen molar-refractivity contribution in [1.82, 2.24) is 19.6 Å². The third-order valence-corrected chi connectivity index (χ3v) is 5.69. The predicted octanol–water partition coefficient (Wildman–Crippen LogP) is 3.32. The maximum atomic E-state index is 13.1. The van der Waals surface area contributed by atoms with Gasteiger partial charge in [-0.3, -0.25) is 4.79 Å². The molecule has 1 saturated heterocycles. The maximum absolute atomic E-state index is 13.1. The minimum Gasteiger partial charge on any atom is -0.486 e. The van der Waals surface area contributed by atoms with Gasteiger partial charge in [0.05, 0.1) is 0 Å². The van der Waals surface area contributed by atoms with Gasteiger partial charge in [0.25, 0.3) is 11.6 Å². The van der Waals surface area contributed by atoms with Crippen LogP contribution >= 0.6 is 0 Å². The van der Waals surface area contributed by atoms with Crippen molar-refractivity contribution >= 4 is 17.4 Å². The molecule has 0 spiro atoms. The number of Topliss-reactive ketones (excluding diaryl/α,β-unsaturated/α-hetero) is 1. The van der Waals surface area contributed by atoms with Crippen LogP contribution in [-0.4, -0.2) is 51.7 Å². The normalized spacial score (nSPS) is 17.1. The van der Waals surface area contributed by atoms with E-state index >= 15 is 0 Å². The number of alkyl halides is 3. The van der Waals surface area contributed by atoms with E-state index < -0.39 is 12.0 Å². The van der Waals surface area contributed by atoms with E-state index in [1.54, 1.807) is 31.2 Å². The molecule has 0 bridgehead atoms. The number of carbonyl (C=O) groups excluding carboxylic acids is 1. The number of aromatic nitrogens is 4. The standard InChI is InChI=1S/C21H20F3N5O3/c1-12-10-17(29-20(25-12)26-19(27-29)21(22,23)24)28-6-4-13(5-7-28)18(30)14-2-3-15-16(11-14)32-9-8-31-15/h2-3,10-11,13H,4-9H2,1H3. The first-order chi connectivity index (χ1) is 15.3. The Morgan fingerprint density at radius 3 is 2.50 bits per heavy atom. The molecule has 2 aliphatic rings. The van der Waals surface area contributed by atoms with Gasteiger partial charge in [-0.15, -0.1) is 5.10 Å². The Morgan fingerprint density at radius 1 is 1.06 bits per heavy atom. The highest BCUT2D eigenvalue weighted by atomic mass is 19.4. The molecule has 1 aromatic carbocycles. The molecule has 0 radical (unpaired) electrons. The van der Waals surface area contributed by atoms with Gasteiger partial charge in [-0.05, 0) is 38.0 Å². The monoisotopic (exact) mass is 447 g/mol. The highest BCUT2D eigenvalue weighted by molar-refractivity contribution is 5.98. The summed E-state index contributed by atoms with van der Waals surface area (Å²) in [4.78, 5) is 22.6. The number of benzene rings is 1. The largest absolute Gasteiger partial charge is 0.486 e. The fraction of sp³-hybridized carbons (Fsp3) is 0.429. The van der Waals surface area contributed by atoms with E-state index in [0.29, 0.717) is 67.7 Å². The Hall–Kier alpha value is -3.37. The van der Waals surface area contributed by atoms with Crippen LogP contribution in [0.15, 0.2) is 24.3 Å². The summed E-state index contributed by atoms with van der Waals surface area (Å²) in [5, 5.41) is 3.63. The van der Waals surface area contributed by atoms with Crippen molar-refractivity contribution in [2.75, 3.05) is 31.2 Å². The van der Waals surface area contributed by atoms with Gasteiger partial charge in [0.1, 0.15) is 19.0 Å². The van der Waals surface area contributed by atoms with Crippen LogP contribution in [0.25, 0.3) is 5.78 Å². The molecule has 2 aliphatic heterocycles. The quantitative estimate of drug-likeness (QED) is 0.570. The lowest BCUT2D eigenvalue weighted by atomic mass is 9.88. The van der Waals surface area contributed by atoms with Crippen LogP contribution in [-0.2, 0) is 6.18 Å². The summed E-state index contributed by atoms with van der Waals surface area (Å²) < 4.78 is 51.4. The molecule has 0 aliphatic carbocycles. The third-order valence-electron chi connectivity index (χ3n) is 5.69. The average molecular weight is 447 g/mol. The molecule has 0 N–H and O–H groups in total. The molecular weight excluding hydrogens is 427 g/mol. The van der Waals surface area contributed by atoms with Gasteiger partial charge in [0.15, 0.2) is 17.3 Å². The van der Waals surface area contributed by atoms with Crippen molar-refractivity contribution in [3.05, 3.63) is 41.3 Å². The summed E-state index contributed by atoms with van der Waals surface area (Å²) in [5.41, 5.74) is 1.11. The minimum absolute atomic E-state index is 0.0257. The van der Waals surface area contributed by atoms with Crippen LogP contribution in [0.2, 0.25) is 0 Å². The van der Waals surface area contributed by atoms with Crippen LogP contribution < -0.4 is 14.4 Å². The zero-order valence-electron chi connectivity index (χ0n) is 17.2. The fourth-order valence-electron chi connectivity index (χ4n) is 4.12. The molecule has 0 amide bonds. The number of anilines is 1. The summed E-state index contributed by atoms with van der Waals surface area (Å²) in [5.74, 6) is 0.209. The number of hydrogen-bond donors (Lipinski definition) is 0. The van der Waals surface area contributed by atoms with Crippen LogP contribution in [0.5, 0.6) is 11.5 Å². The lowest BCUT2D eigenvalue weighted by Crippen LogP contribution is -2.37. The predicted molar refractivity (Wildman–Crippen MR) is 107 cm³/mol. The van der Waals surface area contributed by atoms with Crippen molar-refractivity contribution in [2.24, 2.45) is 5.92 Å². The molecule has 0 unspecified atom stereocenters. The molecule has 168 valence electrons. The molecule has 2 aromatic heterocycles. The Morgan fingerprint density at radius 2 is 1.78 bits per heavy atom. The number of fused-ring (bicyclic) bond motifs is 2. The molecule has 8 nitrogen and oxygen atoms in total. The summed E-state index contributed by atoms with van der Waals surface area (Å²) >= 11 is 0. The van der Waals surface area contributed by atoms with Crippen LogP contribution in [0, 0.1) is 12.8 Å². The van der Waals surface area contributed by atoms with Crippen molar-refractivity contribution in [3.8, 4) is 11.5 Å². The molecule has 3 aromatic rings. The molecule has 5 rings (SSSR count). The number of halogens is 3. The van der Waals surface area contributed by atoms with E-state index in [1.807, 2.05) is 4.90 Å². The van der Waals surface area contributed by atoms with Crippen molar-refractivity contribution < 1.29 is 27.4 Å². The molecule has 0 saturated carbocycles. The van der Waals surface area contributed by atoms with Crippen molar-refractivity contribution in [1.29, 1.82) is 0 Å². The number of rotatable bonds is 3. The van der Waals surface area contributed by atoms with E-state index in [1.165, 1.54) is 0 Å². The number of nitrogens with zero attached hydrogens (tertiary/aromatic N) is 5. The number of ether oxygens (including phenoxy) is 2. The van der Waals surface area contributed by atoms with E-state index in [0.717, 1.165) is 4.52 Å². The number of hydrogen-bond acceptors (Lipinski definition) is 7. The lowest BCUT2D eigenvalue weighted by molar-refractivity contribution is -0.144. The van der Waals surface area contributed by atoms with E-state index in [9.17, 15) is 18.0 Å². The number of aryl methyl sites for hydroxylation is 1. The second kappa shape index (κ2) is 7.64. The first-order valence-corrected chi connectivity index (χ1v) is 10.3. The zero-order chi connectivity index (χ0) is 22.5. The molecule has 1 fully saturated rings. The number of piperidine rings is 1. The Bertz CT molecular complexity index is 1190. The minimum atomic E-state index is -4.65. The number of ketones is 1. The van der Waals surface area contributed by atoms with E-state index in [2.05, 4.69) is 15.1 Å². The van der Waals surface area contributed by atoms with Crippen molar-refractivity contribution in [3.63, 3.8) is 0 Å². The molecule has 11 heteroatoms. The van der Waals surface area contributed by atoms with Gasteiger partial charge in [-0.1, -0.05) is 0 Å². The summed E-state index contributed by atoms with van der Waals surface area (Å²) in [6.07, 6.45) is -3.52. The van der Waals surface area contributed by atoms with Gasteiger partial charge in [-0.25, -0.2) is 4.98 Å². The summed E-state index contributed by atoms with van der Waals surface area (Å²) in [7, 11) is 0. The van der Waals surface area contributed by atoms with Gasteiger partial charge in [-0.2, -0.15) is 22.7 Å². The molecular formula is C21H20F3N5O3.